The van der Waals surface area contributed by atoms with Crippen molar-refractivity contribution in [3.8, 4) is 0 Å². The number of ether oxygens (including phenoxy) is 1. The predicted octanol–water partition coefficient (Wildman–Crippen LogP) is 0.603. The Morgan fingerprint density at radius 3 is 2.83 bits per heavy atom. The van der Waals surface area contributed by atoms with Crippen LogP contribution in [-0.2, 0) is 20.8 Å². The number of amides is 1. The van der Waals surface area contributed by atoms with Crippen molar-refractivity contribution in [3.63, 3.8) is 0 Å². The first-order valence-corrected chi connectivity index (χ1v) is 8.13. The summed E-state index contributed by atoms with van der Waals surface area (Å²) in [5, 5.41) is 9.62. The number of fused-ring (bicyclic) bond motifs is 1. The van der Waals surface area contributed by atoms with E-state index in [4.69, 9.17) is 9.39 Å². The summed E-state index contributed by atoms with van der Waals surface area (Å²) in [4.78, 5) is 25.7. The van der Waals surface area contributed by atoms with Crippen LogP contribution in [0.4, 0.5) is 4.39 Å². The van der Waals surface area contributed by atoms with Gasteiger partial charge in [-0.3, -0.25) is 4.79 Å². The lowest BCUT2D eigenvalue weighted by atomic mass is 9.78. The number of halogens is 1. The van der Waals surface area contributed by atoms with Gasteiger partial charge in [0.2, 0.25) is 5.91 Å². The van der Waals surface area contributed by atoms with Crippen LogP contribution >= 0.6 is 0 Å². The maximum absolute atomic E-state index is 14.0. The highest BCUT2D eigenvalue weighted by atomic mass is 19.1. The van der Waals surface area contributed by atoms with Crippen molar-refractivity contribution >= 4 is 24.5 Å². The van der Waals surface area contributed by atoms with Crippen molar-refractivity contribution in [1.29, 1.82) is 0 Å². The number of esters is 1. The van der Waals surface area contributed by atoms with Crippen LogP contribution in [0.5, 0.6) is 0 Å². The van der Waals surface area contributed by atoms with Crippen LogP contribution in [-0.4, -0.2) is 48.6 Å². The SMILES string of the molecule is O=C(OCCCC(=O)N1CCCC1)c1cc2c(cc1F)COB2O. The van der Waals surface area contributed by atoms with Crippen LogP contribution in [0, 0.1) is 5.82 Å². The molecule has 0 radical (unpaired) electrons. The molecule has 0 unspecified atom stereocenters. The molecule has 1 saturated heterocycles. The number of carbonyl (C=O) groups excluding carboxylic acids is 2. The van der Waals surface area contributed by atoms with Gasteiger partial charge in [0.15, 0.2) is 0 Å². The molecule has 24 heavy (non-hydrogen) atoms. The smallest absolute Gasteiger partial charge is 0.462 e. The van der Waals surface area contributed by atoms with E-state index < -0.39 is 18.9 Å². The molecule has 2 aliphatic heterocycles. The first-order valence-electron chi connectivity index (χ1n) is 8.13. The van der Waals surface area contributed by atoms with Gasteiger partial charge in [-0.2, -0.15) is 0 Å². The number of likely N-dealkylation sites (tertiary alicyclic amines) is 1. The average molecular weight is 335 g/mol. The molecule has 8 heteroatoms. The molecule has 128 valence electrons. The van der Waals surface area contributed by atoms with Crippen LogP contribution < -0.4 is 5.46 Å². The summed E-state index contributed by atoms with van der Waals surface area (Å²) in [5.74, 6) is -1.44. The van der Waals surface area contributed by atoms with Crippen LogP contribution in [0.1, 0.15) is 41.6 Å². The Bertz CT molecular complexity index is 648. The third-order valence-electron chi connectivity index (χ3n) is 4.34. The molecule has 1 aromatic rings. The van der Waals surface area contributed by atoms with Crippen molar-refractivity contribution in [1.82, 2.24) is 4.90 Å². The van der Waals surface area contributed by atoms with E-state index in [9.17, 15) is 19.0 Å². The molecule has 0 aromatic heterocycles. The lowest BCUT2D eigenvalue weighted by Crippen LogP contribution is -2.29. The predicted molar refractivity (Wildman–Crippen MR) is 84.1 cm³/mol. The van der Waals surface area contributed by atoms with Crippen molar-refractivity contribution < 1.29 is 28.4 Å². The van der Waals surface area contributed by atoms with E-state index in [1.165, 1.54) is 12.1 Å². The zero-order chi connectivity index (χ0) is 17.1. The minimum absolute atomic E-state index is 0.0496. The normalized spacial score (nSPS) is 16.4. The van der Waals surface area contributed by atoms with Gasteiger partial charge in [0.1, 0.15) is 5.82 Å². The number of hydrogen-bond donors (Lipinski definition) is 1. The summed E-state index contributed by atoms with van der Waals surface area (Å²) in [6, 6.07) is 2.44. The Balaban J connectivity index is 1.50. The standard InChI is InChI=1S/C16H19BFNO5/c18-14-8-11-10-24-17(22)13(11)9-12(14)16(21)23-7-3-4-15(20)19-5-1-2-6-19/h8-9,22H,1-7,10H2. The van der Waals surface area contributed by atoms with Crippen LogP contribution in [0.3, 0.4) is 0 Å². The summed E-state index contributed by atoms with van der Waals surface area (Å²) in [5.41, 5.74) is 0.671. The minimum Gasteiger partial charge on any atom is -0.462 e. The summed E-state index contributed by atoms with van der Waals surface area (Å²) in [7, 11) is -1.15. The molecular formula is C16H19BFNO5. The fraction of sp³-hybridized carbons (Fsp3) is 0.500. The fourth-order valence-corrected chi connectivity index (χ4v) is 2.99. The summed E-state index contributed by atoms with van der Waals surface area (Å²) < 4.78 is 24.0. The molecule has 1 aromatic carbocycles. The van der Waals surface area contributed by atoms with E-state index in [-0.39, 0.29) is 24.7 Å². The van der Waals surface area contributed by atoms with E-state index in [2.05, 4.69) is 0 Å². The van der Waals surface area contributed by atoms with Crippen molar-refractivity contribution in [2.45, 2.75) is 32.3 Å². The van der Waals surface area contributed by atoms with Gasteiger partial charge in [-0.25, -0.2) is 9.18 Å². The average Bonchev–Trinajstić information content (AvgIpc) is 3.21. The Kier molecular flexibility index (Phi) is 5.16. The quantitative estimate of drug-likeness (QED) is 0.485. The summed E-state index contributed by atoms with van der Waals surface area (Å²) in [6.45, 7) is 1.75. The fourth-order valence-electron chi connectivity index (χ4n) is 2.99. The van der Waals surface area contributed by atoms with Gasteiger partial charge in [0.25, 0.3) is 0 Å². The monoisotopic (exact) mass is 335 g/mol. The van der Waals surface area contributed by atoms with Gasteiger partial charge < -0.3 is 19.3 Å². The Hall–Kier alpha value is -1.93. The maximum atomic E-state index is 14.0. The van der Waals surface area contributed by atoms with E-state index in [1.54, 1.807) is 0 Å². The zero-order valence-corrected chi connectivity index (χ0v) is 13.3. The Labute approximate surface area is 139 Å². The number of nitrogens with zero attached hydrogens (tertiary/aromatic N) is 1. The highest BCUT2D eigenvalue weighted by molar-refractivity contribution is 6.61. The first kappa shape index (κ1) is 16.9. The maximum Gasteiger partial charge on any atom is 0.491 e. The largest absolute Gasteiger partial charge is 0.491 e. The molecule has 2 heterocycles. The van der Waals surface area contributed by atoms with Crippen LogP contribution in [0.2, 0.25) is 0 Å². The molecule has 0 bridgehead atoms. The third kappa shape index (κ3) is 3.60. The molecular weight excluding hydrogens is 316 g/mol. The molecule has 1 N–H and O–H groups in total. The highest BCUT2D eigenvalue weighted by Gasteiger charge is 2.30. The van der Waals surface area contributed by atoms with Crippen LogP contribution in [0.15, 0.2) is 12.1 Å². The molecule has 1 amide bonds. The second-order valence-corrected chi connectivity index (χ2v) is 6.02. The molecule has 0 saturated carbocycles. The molecule has 1 fully saturated rings. The second kappa shape index (κ2) is 7.31. The highest BCUT2D eigenvalue weighted by Crippen LogP contribution is 2.16. The third-order valence-corrected chi connectivity index (χ3v) is 4.34. The lowest BCUT2D eigenvalue weighted by Gasteiger charge is -2.14. The van der Waals surface area contributed by atoms with E-state index in [1.807, 2.05) is 4.90 Å². The number of rotatable bonds is 5. The van der Waals surface area contributed by atoms with E-state index >= 15 is 0 Å². The summed E-state index contributed by atoms with van der Waals surface area (Å²) >= 11 is 0. The molecule has 0 spiro atoms. The minimum atomic E-state index is -1.15. The molecule has 0 aliphatic carbocycles. The van der Waals surface area contributed by atoms with Gasteiger partial charge in [-0.15, -0.1) is 0 Å². The van der Waals surface area contributed by atoms with E-state index in [0.717, 1.165) is 25.9 Å². The lowest BCUT2D eigenvalue weighted by molar-refractivity contribution is -0.130. The number of benzene rings is 1. The van der Waals surface area contributed by atoms with Crippen molar-refractivity contribution in [2.24, 2.45) is 0 Å². The molecule has 6 nitrogen and oxygen atoms in total. The van der Waals surface area contributed by atoms with Gasteiger partial charge in [-0.1, -0.05) is 0 Å². The summed E-state index contributed by atoms with van der Waals surface area (Å²) in [6.07, 6.45) is 2.79. The van der Waals surface area contributed by atoms with Crippen molar-refractivity contribution in [2.75, 3.05) is 19.7 Å². The van der Waals surface area contributed by atoms with Gasteiger partial charge >= 0.3 is 13.1 Å². The number of hydrogen-bond acceptors (Lipinski definition) is 5. The second-order valence-electron chi connectivity index (χ2n) is 6.02. The molecule has 0 atom stereocenters. The molecule has 2 aliphatic rings. The number of carbonyl (C=O) groups is 2. The Morgan fingerprint density at radius 2 is 2.08 bits per heavy atom. The Morgan fingerprint density at radius 1 is 1.33 bits per heavy atom. The van der Waals surface area contributed by atoms with E-state index in [0.29, 0.717) is 23.9 Å². The van der Waals surface area contributed by atoms with Crippen LogP contribution in [0.25, 0.3) is 0 Å². The van der Waals surface area contributed by atoms with Gasteiger partial charge in [0, 0.05) is 19.5 Å². The van der Waals surface area contributed by atoms with Gasteiger partial charge in [-0.05, 0) is 42.4 Å². The molecule has 3 rings (SSSR count). The van der Waals surface area contributed by atoms with Crippen molar-refractivity contribution in [3.05, 3.63) is 29.1 Å². The zero-order valence-electron chi connectivity index (χ0n) is 13.3. The first-order chi connectivity index (χ1) is 11.6. The van der Waals surface area contributed by atoms with Gasteiger partial charge in [0.05, 0.1) is 18.8 Å². The topological polar surface area (TPSA) is 76.1 Å².